The fourth-order valence-corrected chi connectivity index (χ4v) is 3.36. The van der Waals surface area contributed by atoms with E-state index in [0.717, 1.165) is 21.2 Å². The SMILES string of the molecule is CC1=C(c2nnc(C(C)(C)O)o2)c2c(Br)cn(C)c(=O)c2C1. The molecule has 0 amide bonds. The molecule has 2 aromatic heterocycles. The van der Waals surface area contributed by atoms with Gasteiger partial charge in [0.15, 0.2) is 0 Å². The highest BCUT2D eigenvalue weighted by atomic mass is 79.9. The molecule has 6 nitrogen and oxygen atoms in total. The van der Waals surface area contributed by atoms with Gasteiger partial charge < -0.3 is 14.1 Å². The molecule has 1 aliphatic carbocycles. The number of hydrogen-bond donors (Lipinski definition) is 1. The van der Waals surface area contributed by atoms with Crippen LogP contribution >= 0.6 is 15.9 Å². The largest absolute Gasteiger partial charge is 0.418 e. The molecule has 7 heteroatoms. The molecule has 0 fully saturated rings. The van der Waals surface area contributed by atoms with Crippen molar-refractivity contribution in [2.45, 2.75) is 32.8 Å². The maximum atomic E-state index is 12.3. The van der Waals surface area contributed by atoms with E-state index in [9.17, 15) is 9.90 Å². The van der Waals surface area contributed by atoms with Crippen LogP contribution in [0.25, 0.3) is 5.57 Å². The van der Waals surface area contributed by atoms with Crippen LogP contribution in [0.15, 0.2) is 25.5 Å². The third kappa shape index (κ3) is 2.24. The van der Waals surface area contributed by atoms with Crippen molar-refractivity contribution in [2.75, 3.05) is 0 Å². The molecule has 22 heavy (non-hydrogen) atoms. The smallest absolute Gasteiger partial charge is 0.254 e. The number of aromatic nitrogens is 3. The standard InChI is InChI=1S/C15H16BrN3O3/c1-7-5-8-11(9(16)6-19(4)13(8)20)10(7)12-17-18-14(22-12)15(2,3)21/h6,21H,5H2,1-4H3. The first-order valence-electron chi connectivity index (χ1n) is 6.85. The average molecular weight is 366 g/mol. The number of fused-ring (bicyclic) bond motifs is 1. The first-order valence-corrected chi connectivity index (χ1v) is 7.64. The van der Waals surface area contributed by atoms with Gasteiger partial charge in [0.25, 0.3) is 5.56 Å². The fraction of sp³-hybridized carbons (Fsp3) is 0.400. The van der Waals surface area contributed by atoms with E-state index in [1.165, 1.54) is 0 Å². The number of allylic oxidation sites excluding steroid dienone is 1. The Morgan fingerprint density at radius 2 is 2.09 bits per heavy atom. The van der Waals surface area contributed by atoms with Gasteiger partial charge in [0.2, 0.25) is 11.8 Å². The highest BCUT2D eigenvalue weighted by molar-refractivity contribution is 9.10. The number of pyridine rings is 1. The maximum absolute atomic E-state index is 12.3. The Kier molecular flexibility index (Phi) is 3.37. The number of hydrogen-bond acceptors (Lipinski definition) is 5. The second kappa shape index (κ2) is 4.89. The first kappa shape index (κ1) is 15.2. The van der Waals surface area contributed by atoms with Gasteiger partial charge in [-0.05, 0) is 36.7 Å². The Balaban J connectivity index is 2.19. The van der Waals surface area contributed by atoms with Gasteiger partial charge in [-0.3, -0.25) is 4.79 Å². The van der Waals surface area contributed by atoms with Gasteiger partial charge >= 0.3 is 0 Å². The highest BCUT2D eigenvalue weighted by Crippen LogP contribution is 2.39. The molecule has 0 bridgehead atoms. The quantitative estimate of drug-likeness (QED) is 0.881. The topological polar surface area (TPSA) is 81.2 Å². The lowest BCUT2D eigenvalue weighted by molar-refractivity contribution is 0.0478. The lowest BCUT2D eigenvalue weighted by atomic mass is 10.1. The zero-order valence-electron chi connectivity index (χ0n) is 12.8. The summed E-state index contributed by atoms with van der Waals surface area (Å²) in [6.07, 6.45) is 2.28. The Bertz CT molecular complexity index is 856. The molecule has 1 aliphatic rings. The summed E-state index contributed by atoms with van der Waals surface area (Å²) in [4.78, 5) is 12.3. The Labute approximate surface area is 135 Å². The van der Waals surface area contributed by atoms with Gasteiger partial charge in [-0.25, -0.2) is 0 Å². The summed E-state index contributed by atoms with van der Waals surface area (Å²) in [5.74, 6) is 0.471. The van der Waals surface area contributed by atoms with Crippen molar-refractivity contribution < 1.29 is 9.52 Å². The molecule has 0 radical (unpaired) electrons. The third-order valence-electron chi connectivity index (χ3n) is 3.71. The van der Waals surface area contributed by atoms with E-state index >= 15 is 0 Å². The molecule has 1 N–H and O–H groups in total. The van der Waals surface area contributed by atoms with Gasteiger partial charge in [0.1, 0.15) is 5.60 Å². The van der Waals surface area contributed by atoms with Crippen LogP contribution in [0.1, 0.15) is 43.7 Å². The molecule has 0 saturated carbocycles. The molecule has 0 atom stereocenters. The predicted molar refractivity (Wildman–Crippen MR) is 84.3 cm³/mol. The van der Waals surface area contributed by atoms with Crippen LogP contribution in [0.3, 0.4) is 0 Å². The van der Waals surface area contributed by atoms with Crippen LogP contribution < -0.4 is 5.56 Å². The lowest BCUT2D eigenvalue weighted by Crippen LogP contribution is -2.21. The van der Waals surface area contributed by atoms with Crippen molar-refractivity contribution in [2.24, 2.45) is 7.05 Å². The first-order chi connectivity index (χ1) is 10.2. The van der Waals surface area contributed by atoms with Crippen molar-refractivity contribution >= 4 is 21.5 Å². The number of nitrogens with zero attached hydrogens (tertiary/aromatic N) is 3. The second-order valence-corrected chi connectivity index (χ2v) is 6.90. The molecule has 116 valence electrons. The summed E-state index contributed by atoms with van der Waals surface area (Å²) in [5.41, 5.74) is 2.03. The van der Waals surface area contributed by atoms with Crippen molar-refractivity contribution in [1.82, 2.24) is 14.8 Å². The van der Waals surface area contributed by atoms with E-state index < -0.39 is 5.60 Å². The summed E-state index contributed by atoms with van der Waals surface area (Å²) >= 11 is 3.51. The minimum atomic E-state index is -1.20. The van der Waals surface area contributed by atoms with E-state index in [1.54, 1.807) is 31.7 Å². The zero-order valence-corrected chi connectivity index (χ0v) is 14.4. The van der Waals surface area contributed by atoms with Crippen LogP contribution in [0.4, 0.5) is 0 Å². The number of halogens is 1. The van der Waals surface area contributed by atoms with Gasteiger partial charge in [0, 0.05) is 40.8 Å². The Morgan fingerprint density at radius 3 is 2.68 bits per heavy atom. The number of rotatable bonds is 2. The zero-order chi connectivity index (χ0) is 16.2. The summed E-state index contributed by atoms with van der Waals surface area (Å²) in [5, 5.41) is 17.9. The van der Waals surface area contributed by atoms with E-state index in [0.29, 0.717) is 17.9 Å². The summed E-state index contributed by atoms with van der Waals surface area (Å²) < 4.78 is 7.98. The maximum Gasteiger partial charge on any atom is 0.254 e. The van der Waals surface area contributed by atoms with Crippen LogP contribution in [0.5, 0.6) is 0 Å². The van der Waals surface area contributed by atoms with Crippen LogP contribution in [0, 0.1) is 0 Å². The molecule has 0 spiro atoms. The molecule has 2 aromatic rings. The van der Waals surface area contributed by atoms with Crippen LogP contribution in [-0.4, -0.2) is 19.9 Å². The van der Waals surface area contributed by atoms with E-state index in [2.05, 4.69) is 26.1 Å². The van der Waals surface area contributed by atoms with Gasteiger partial charge in [-0.1, -0.05) is 5.57 Å². The summed E-state index contributed by atoms with van der Waals surface area (Å²) in [7, 11) is 1.72. The summed E-state index contributed by atoms with van der Waals surface area (Å²) in [6.45, 7) is 5.11. The van der Waals surface area contributed by atoms with Crippen molar-refractivity contribution in [1.29, 1.82) is 0 Å². The monoisotopic (exact) mass is 365 g/mol. The molecule has 2 heterocycles. The van der Waals surface area contributed by atoms with Gasteiger partial charge in [0.05, 0.1) is 0 Å². The van der Waals surface area contributed by atoms with Gasteiger partial charge in [-0.2, -0.15) is 0 Å². The van der Waals surface area contributed by atoms with Crippen molar-refractivity contribution in [3.05, 3.63) is 49.5 Å². The van der Waals surface area contributed by atoms with Gasteiger partial charge in [-0.15, -0.1) is 10.2 Å². The van der Waals surface area contributed by atoms with E-state index in [4.69, 9.17) is 4.42 Å². The second-order valence-electron chi connectivity index (χ2n) is 6.05. The fourth-order valence-electron chi connectivity index (χ4n) is 2.62. The third-order valence-corrected chi connectivity index (χ3v) is 4.31. The molecule has 0 saturated heterocycles. The Morgan fingerprint density at radius 1 is 1.41 bits per heavy atom. The minimum absolute atomic E-state index is 0.0326. The predicted octanol–water partition coefficient (Wildman–Crippen LogP) is 2.14. The van der Waals surface area contributed by atoms with Crippen molar-refractivity contribution in [3.63, 3.8) is 0 Å². The molecular weight excluding hydrogens is 350 g/mol. The summed E-state index contributed by atoms with van der Waals surface area (Å²) in [6, 6.07) is 0. The van der Waals surface area contributed by atoms with Crippen LogP contribution in [0.2, 0.25) is 0 Å². The Hall–Kier alpha value is -1.73. The molecular formula is C15H16BrN3O3. The normalized spacial score (nSPS) is 14.6. The average Bonchev–Trinajstić information content (AvgIpc) is 2.99. The number of aliphatic hydroxyl groups is 1. The molecule has 3 rings (SSSR count). The molecule has 0 unspecified atom stereocenters. The minimum Gasteiger partial charge on any atom is -0.418 e. The van der Waals surface area contributed by atoms with E-state index in [-0.39, 0.29) is 11.4 Å². The van der Waals surface area contributed by atoms with Crippen molar-refractivity contribution in [3.8, 4) is 0 Å². The molecule has 0 aromatic carbocycles. The van der Waals surface area contributed by atoms with E-state index in [1.807, 2.05) is 6.92 Å². The lowest BCUT2D eigenvalue weighted by Gasteiger charge is -2.10. The number of aryl methyl sites for hydroxylation is 1. The van der Waals surface area contributed by atoms with Crippen LogP contribution in [-0.2, 0) is 19.1 Å². The highest BCUT2D eigenvalue weighted by Gasteiger charge is 2.31. The molecule has 0 aliphatic heterocycles.